The number of aromatic nitrogens is 4. The molecule has 4 aromatic rings. The minimum atomic E-state index is -0.164. The number of nitrogen functional groups attached to an aromatic ring is 1. The molecule has 0 aliphatic carbocycles. The second-order valence-electron chi connectivity index (χ2n) is 5.81. The van der Waals surface area contributed by atoms with Gasteiger partial charge in [-0.15, -0.1) is 0 Å². The van der Waals surface area contributed by atoms with Crippen molar-refractivity contribution in [2.45, 2.75) is 6.54 Å². The van der Waals surface area contributed by atoms with Gasteiger partial charge in [-0.05, 0) is 23.1 Å². The van der Waals surface area contributed by atoms with Gasteiger partial charge in [-0.2, -0.15) is 0 Å². The van der Waals surface area contributed by atoms with Crippen LogP contribution in [0.1, 0.15) is 5.56 Å². The van der Waals surface area contributed by atoms with Gasteiger partial charge in [0.2, 0.25) is 0 Å². The maximum Gasteiger partial charge on any atom is 0.262 e. The maximum atomic E-state index is 12.8. The Kier molecular flexibility index (Phi) is 4.03. The molecule has 0 spiro atoms. The van der Waals surface area contributed by atoms with E-state index in [0.29, 0.717) is 23.6 Å². The third-order valence-electron chi connectivity index (χ3n) is 4.00. The quantitative estimate of drug-likeness (QED) is 0.590. The van der Waals surface area contributed by atoms with Gasteiger partial charge in [0.25, 0.3) is 5.56 Å². The Morgan fingerprint density at radius 2 is 1.92 bits per heavy atom. The number of fused-ring (bicyclic) bond motifs is 1. The number of hydrogen-bond donors (Lipinski definition) is 2. The molecule has 0 aliphatic heterocycles. The normalized spacial score (nSPS) is 10.8. The van der Waals surface area contributed by atoms with Gasteiger partial charge in [0.15, 0.2) is 0 Å². The summed E-state index contributed by atoms with van der Waals surface area (Å²) in [5.74, 6) is 1.24. The van der Waals surface area contributed by atoms with Gasteiger partial charge in [0.05, 0.1) is 18.1 Å². The van der Waals surface area contributed by atoms with E-state index in [0.717, 1.165) is 10.9 Å². The average molecular weight is 344 g/mol. The highest BCUT2D eigenvalue weighted by atomic mass is 16.1. The highest BCUT2D eigenvalue weighted by Gasteiger charge is 2.10. The Balaban J connectivity index is 1.72. The number of pyridine rings is 2. The molecule has 0 unspecified atom stereocenters. The molecule has 0 atom stereocenters. The molecule has 26 heavy (non-hydrogen) atoms. The van der Waals surface area contributed by atoms with E-state index < -0.39 is 0 Å². The predicted molar refractivity (Wildman–Crippen MR) is 101 cm³/mol. The number of benzene rings is 1. The van der Waals surface area contributed by atoms with Crippen LogP contribution in [0.15, 0.2) is 72.0 Å². The second-order valence-corrected chi connectivity index (χ2v) is 5.81. The van der Waals surface area contributed by atoms with Crippen LogP contribution in [0, 0.1) is 0 Å². The SMILES string of the molecule is Nc1nc(Nc2cnccn2)cc2ccn(Cc3ccccc3)c(=O)c12. The zero-order valence-corrected chi connectivity index (χ0v) is 13.8. The summed E-state index contributed by atoms with van der Waals surface area (Å²) < 4.78 is 1.63. The smallest absolute Gasteiger partial charge is 0.262 e. The first kappa shape index (κ1) is 15.8. The van der Waals surface area contributed by atoms with Crippen molar-refractivity contribution in [2.75, 3.05) is 11.1 Å². The Bertz CT molecular complexity index is 1110. The molecule has 0 amide bonds. The molecule has 4 rings (SSSR count). The summed E-state index contributed by atoms with van der Waals surface area (Å²) in [6.45, 7) is 0.481. The lowest BCUT2D eigenvalue weighted by Gasteiger charge is -2.11. The van der Waals surface area contributed by atoms with Gasteiger partial charge < -0.3 is 15.6 Å². The molecule has 3 N–H and O–H groups in total. The molecule has 1 aromatic carbocycles. The third-order valence-corrected chi connectivity index (χ3v) is 4.00. The van der Waals surface area contributed by atoms with Crippen LogP contribution in [-0.2, 0) is 6.54 Å². The largest absolute Gasteiger partial charge is 0.383 e. The van der Waals surface area contributed by atoms with Crippen LogP contribution in [0.3, 0.4) is 0 Å². The van der Waals surface area contributed by atoms with Gasteiger partial charge in [0.1, 0.15) is 17.5 Å². The topological polar surface area (TPSA) is 98.7 Å². The van der Waals surface area contributed by atoms with Gasteiger partial charge in [-0.25, -0.2) is 9.97 Å². The van der Waals surface area contributed by atoms with Crippen molar-refractivity contribution in [1.82, 2.24) is 19.5 Å². The van der Waals surface area contributed by atoms with Crippen molar-refractivity contribution in [2.24, 2.45) is 0 Å². The number of nitrogens with two attached hydrogens (primary N) is 1. The number of anilines is 3. The summed E-state index contributed by atoms with van der Waals surface area (Å²) in [6, 6.07) is 13.4. The molecule has 0 radical (unpaired) electrons. The molecule has 0 saturated heterocycles. The van der Waals surface area contributed by atoms with Gasteiger partial charge in [-0.1, -0.05) is 30.3 Å². The lowest BCUT2D eigenvalue weighted by Crippen LogP contribution is -2.21. The van der Waals surface area contributed by atoms with Crippen LogP contribution in [0.2, 0.25) is 0 Å². The van der Waals surface area contributed by atoms with E-state index >= 15 is 0 Å². The Morgan fingerprint density at radius 1 is 1.08 bits per heavy atom. The Morgan fingerprint density at radius 3 is 2.69 bits per heavy atom. The highest BCUT2D eigenvalue weighted by molar-refractivity contribution is 5.92. The number of nitrogens with zero attached hydrogens (tertiary/aromatic N) is 4. The highest BCUT2D eigenvalue weighted by Crippen LogP contribution is 2.21. The number of rotatable bonds is 4. The van der Waals surface area contributed by atoms with E-state index in [9.17, 15) is 4.79 Å². The third kappa shape index (κ3) is 3.10. The Hall–Kier alpha value is -3.74. The summed E-state index contributed by atoms with van der Waals surface area (Å²) in [7, 11) is 0. The molecule has 3 heterocycles. The summed E-state index contributed by atoms with van der Waals surface area (Å²) in [6.07, 6.45) is 6.51. The molecule has 0 fully saturated rings. The fourth-order valence-electron chi connectivity index (χ4n) is 2.79. The first-order valence-electron chi connectivity index (χ1n) is 8.07. The van der Waals surface area contributed by atoms with Crippen LogP contribution in [0.25, 0.3) is 10.8 Å². The summed E-state index contributed by atoms with van der Waals surface area (Å²) in [5.41, 5.74) is 6.95. The van der Waals surface area contributed by atoms with E-state index in [1.807, 2.05) is 36.4 Å². The summed E-state index contributed by atoms with van der Waals surface area (Å²) in [4.78, 5) is 25.3. The average Bonchev–Trinajstić information content (AvgIpc) is 2.65. The zero-order valence-electron chi connectivity index (χ0n) is 13.8. The van der Waals surface area contributed by atoms with E-state index in [2.05, 4.69) is 20.3 Å². The standard InChI is InChI=1S/C19H16N6O/c20-18-17-14(10-15(24-18)23-16-11-21-7-8-22-16)6-9-25(19(17)26)12-13-4-2-1-3-5-13/h1-11H,12H2,(H3,20,22,23,24). The van der Waals surface area contributed by atoms with Crippen molar-refractivity contribution < 1.29 is 0 Å². The maximum absolute atomic E-state index is 12.8. The van der Waals surface area contributed by atoms with Gasteiger partial charge in [0, 0.05) is 18.6 Å². The first-order valence-corrected chi connectivity index (χ1v) is 8.07. The lowest BCUT2D eigenvalue weighted by atomic mass is 10.2. The van der Waals surface area contributed by atoms with E-state index in [4.69, 9.17) is 5.73 Å². The van der Waals surface area contributed by atoms with E-state index in [1.165, 1.54) is 0 Å². The molecule has 7 heteroatoms. The van der Waals surface area contributed by atoms with Crippen molar-refractivity contribution in [1.29, 1.82) is 0 Å². The number of hydrogen-bond acceptors (Lipinski definition) is 6. The van der Waals surface area contributed by atoms with E-state index in [1.54, 1.807) is 35.4 Å². The number of nitrogens with one attached hydrogen (secondary N) is 1. The minimum absolute atomic E-state index is 0.164. The van der Waals surface area contributed by atoms with Crippen molar-refractivity contribution >= 4 is 28.2 Å². The monoisotopic (exact) mass is 344 g/mol. The van der Waals surface area contributed by atoms with Crippen molar-refractivity contribution in [3.63, 3.8) is 0 Å². The fourth-order valence-corrected chi connectivity index (χ4v) is 2.79. The van der Waals surface area contributed by atoms with Gasteiger partial charge in [-0.3, -0.25) is 9.78 Å². The minimum Gasteiger partial charge on any atom is -0.383 e. The molecule has 0 aliphatic rings. The molecule has 0 bridgehead atoms. The van der Waals surface area contributed by atoms with Crippen LogP contribution in [0.4, 0.5) is 17.5 Å². The summed E-state index contributed by atoms with van der Waals surface area (Å²) >= 11 is 0. The zero-order chi connectivity index (χ0) is 17.9. The Labute approximate surface area is 149 Å². The lowest BCUT2D eigenvalue weighted by molar-refractivity contribution is 0.768. The molecule has 128 valence electrons. The first-order chi connectivity index (χ1) is 12.7. The molecule has 0 saturated carbocycles. The van der Waals surface area contributed by atoms with Crippen molar-refractivity contribution in [3.05, 3.63) is 83.2 Å². The molecular weight excluding hydrogens is 328 g/mol. The van der Waals surface area contributed by atoms with Crippen molar-refractivity contribution in [3.8, 4) is 0 Å². The molecule has 7 nitrogen and oxygen atoms in total. The second kappa shape index (κ2) is 6.64. The van der Waals surface area contributed by atoms with E-state index in [-0.39, 0.29) is 11.4 Å². The predicted octanol–water partition coefficient (Wildman–Crippen LogP) is 2.56. The van der Waals surface area contributed by atoms with Crippen LogP contribution in [0.5, 0.6) is 0 Å². The van der Waals surface area contributed by atoms with Crippen LogP contribution in [-0.4, -0.2) is 19.5 Å². The van der Waals surface area contributed by atoms with Crippen LogP contribution < -0.4 is 16.6 Å². The summed E-state index contributed by atoms with van der Waals surface area (Å²) in [5, 5.41) is 4.17. The molecule has 3 aromatic heterocycles. The van der Waals surface area contributed by atoms with Crippen LogP contribution >= 0.6 is 0 Å². The van der Waals surface area contributed by atoms with Gasteiger partial charge >= 0.3 is 0 Å². The molecular formula is C19H16N6O. The fraction of sp³-hybridized carbons (Fsp3) is 0.0526.